The second-order valence-electron chi connectivity index (χ2n) is 5.60. The molecule has 0 bridgehead atoms. The Kier molecular flexibility index (Phi) is 3.70. The fourth-order valence-corrected chi connectivity index (χ4v) is 2.91. The Morgan fingerprint density at radius 2 is 2.18 bits per heavy atom. The van der Waals surface area contributed by atoms with Gasteiger partial charge in [-0.25, -0.2) is 4.98 Å². The summed E-state index contributed by atoms with van der Waals surface area (Å²) in [6.07, 6.45) is 1.25. The number of amides is 1. The summed E-state index contributed by atoms with van der Waals surface area (Å²) in [6, 6.07) is 7.22. The summed E-state index contributed by atoms with van der Waals surface area (Å²) < 4.78 is 0. The van der Waals surface area contributed by atoms with Crippen molar-refractivity contribution in [2.24, 2.45) is 5.41 Å². The zero-order chi connectivity index (χ0) is 15.7. The molecule has 1 heterocycles. The fraction of sp³-hybridized carbons (Fsp3) is 0.312. The SMILES string of the molecule is Cc1nc(-c2cccc(C(=O)NCC3(C(=O)O)CC3)c2)cs1. The lowest BCUT2D eigenvalue weighted by molar-refractivity contribution is -0.143. The molecule has 1 saturated carbocycles. The van der Waals surface area contributed by atoms with Gasteiger partial charge in [0.25, 0.3) is 5.91 Å². The van der Waals surface area contributed by atoms with Gasteiger partial charge in [-0.3, -0.25) is 9.59 Å². The molecule has 0 radical (unpaired) electrons. The van der Waals surface area contributed by atoms with E-state index < -0.39 is 11.4 Å². The Balaban J connectivity index is 1.72. The minimum absolute atomic E-state index is 0.182. The average molecular weight is 316 g/mol. The lowest BCUT2D eigenvalue weighted by Crippen LogP contribution is -2.34. The van der Waals surface area contributed by atoms with E-state index in [2.05, 4.69) is 10.3 Å². The number of aliphatic carboxylic acids is 1. The molecule has 0 unspecified atom stereocenters. The van der Waals surface area contributed by atoms with Crippen LogP contribution in [0.3, 0.4) is 0 Å². The van der Waals surface area contributed by atoms with Gasteiger partial charge in [0, 0.05) is 23.1 Å². The first-order chi connectivity index (χ1) is 10.5. The summed E-state index contributed by atoms with van der Waals surface area (Å²) in [5.41, 5.74) is 1.50. The zero-order valence-electron chi connectivity index (χ0n) is 12.1. The van der Waals surface area contributed by atoms with Crippen molar-refractivity contribution in [2.45, 2.75) is 19.8 Å². The highest BCUT2D eigenvalue weighted by atomic mass is 32.1. The molecule has 0 spiro atoms. The molecule has 0 atom stereocenters. The summed E-state index contributed by atoms with van der Waals surface area (Å²) in [5, 5.41) is 14.8. The van der Waals surface area contributed by atoms with Crippen LogP contribution in [0.15, 0.2) is 29.6 Å². The minimum Gasteiger partial charge on any atom is -0.481 e. The van der Waals surface area contributed by atoms with Gasteiger partial charge in [-0.15, -0.1) is 11.3 Å². The maximum atomic E-state index is 12.2. The predicted molar refractivity (Wildman–Crippen MR) is 83.9 cm³/mol. The number of thiazole rings is 1. The second-order valence-corrected chi connectivity index (χ2v) is 6.66. The van der Waals surface area contributed by atoms with Crippen LogP contribution in [0.2, 0.25) is 0 Å². The first-order valence-electron chi connectivity index (χ1n) is 7.04. The van der Waals surface area contributed by atoms with Gasteiger partial charge >= 0.3 is 5.97 Å². The van der Waals surface area contributed by atoms with Crippen LogP contribution >= 0.6 is 11.3 Å². The zero-order valence-corrected chi connectivity index (χ0v) is 12.9. The standard InChI is InChI=1S/C16H16N2O3S/c1-10-18-13(8-22-10)11-3-2-4-12(7-11)14(19)17-9-16(5-6-16)15(20)21/h2-4,7-8H,5-6,9H2,1H3,(H,17,19)(H,20,21). The van der Waals surface area contributed by atoms with Crippen LogP contribution in [-0.4, -0.2) is 28.5 Å². The number of carboxylic acid groups (broad SMARTS) is 1. The molecule has 2 aromatic rings. The third-order valence-electron chi connectivity index (χ3n) is 3.93. The summed E-state index contributed by atoms with van der Waals surface area (Å²) in [7, 11) is 0. The molecule has 3 rings (SSSR count). The Morgan fingerprint density at radius 1 is 1.41 bits per heavy atom. The highest BCUT2D eigenvalue weighted by Crippen LogP contribution is 2.45. The third kappa shape index (κ3) is 2.87. The molecule has 1 amide bonds. The molecule has 114 valence electrons. The summed E-state index contributed by atoms with van der Waals surface area (Å²) >= 11 is 1.56. The fourth-order valence-electron chi connectivity index (χ4n) is 2.28. The van der Waals surface area contributed by atoms with E-state index in [-0.39, 0.29) is 12.5 Å². The van der Waals surface area contributed by atoms with Gasteiger partial charge in [0.15, 0.2) is 0 Å². The Hall–Kier alpha value is -2.21. The van der Waals surface area contributed by atoms with Crippen LogP contribution in [0.1, 0.15) is 28.2 Å². The van der Waals surface area contributed by atoms with Crippen molar-refractivity contribution in [3.8, 4) is 11.3 Å². The smallest absolute Gasteiger partial charge is 0.311 e. The number of hydrogen-bond acceptors (Lipinski definition) is 4. The van der Waals surface area contributed by atoms with E-state index in [1.54, 1.807) is 23.5 Å². The Morgan fingerprint density at radius 3 is 2.77 bits per heavy atom. The second kappa shape index (κ2) is 5.53. The van der Waals surface area contributed by atoms with E-state index in [0.29, 0.717) is 18.4 Å². The molecule has 1 fully saturated rings. The predicted octanol–water partition coefficient (Wildman–Crippen LogP) is 2.71. The van der Waals surface area contributed by atoms with Gasteiger partial charge in [-0.2, -0.15) is 0 Å². The van der Waals surface area contributed by atoms with Crippen molar-refractivity contribution in [1.82, 2.24) is 10.3 Å². The van der Waals surface area contributed by atoms with Crippen molar-refractivity contribution in [3.05, 3.63) is 40.2 Å². The van der Waals surface area contributed by atoms with Gasteiger partial charge in [0.05, 0.1) is 16.1 Å². The number of carbonyl (C=O) groups is 2. The monoisotopic (exact) mass is 316 g/mol. The number of benzene rings is 1. The number of nitrogens with one attached hydrogen (secondary N) is 1. The number of aryl methyl sites for hydroxylation is 1. The largest absolute Gasteiger partial charge is 0.481 e. The third-order valence-corrected chi connectivity index (χ3v) is 4.71. The van der Waals surface area contributed by atoms with Gasteiger partial charge in [0.2, 0.25) is 0 Å². The highest BCUT2D eigenvalue weighted by molar-refractivity contribution is 7.09. The average Bonchev–Trinajstić information content (AvgIpc) is 3.20. The number of carboxylic acids is 1. The van der Waals surface area contributed by atoms with Gasteiger partial charge in [-0.1, -0.05) is 12.1 Å². The van der Waals surface area contributed by atoms with E-state index >= 15 is 0 Å². The number of nitrogens with zero attached hydrogens (tertiary/aromatic N) is 1. The first-order valence-corrected chi connectivity index (χ1v) is 7.92. The molecule has 5 nitrogen and oxygen atoms in total. The molecule has 2 N–H and O–H groups in total. The molecule has 1 aromatic carbocycles. The molecule has 22 heavy (non-hydrogen) atoms. The highest BCUT2D eigenvalue weighted by Gasteiger charge is 2.50. The van der Waals surface area contributed by atoms with E-state index in [1.807, 2.05) is 24.4 Å². The van der Waals surface area contributed by atoms with E-state index in [0.717, 1.165) is 16.3 Å². The van der Waals surface area contributed by atoms with Crippen molar-refractivity contribution in [2.75, 3.05) is 6.54 Å². The first kappa shape index (κ1) is 14.7. The quantitative estimate of drug-likeness (QED) is 0.889. The maximum absolute atomic E-state index is 12.2. The van der Waals surface area contributed by atoms with E-state index in [9.17, 15) is 9.59 Å². The van der Waals surface area contributed by atoms with Crippen molar-refractivity contribution in [1.29, 1.82) is 0 Å². The van der Waals surface area contributed by atoms with Crippen LogP contribution in [0.5, 0.6) is 0 Å². The summed E-state index contributed by atoms with van der Waals surface area (Å²) in [6.45, 7) is 2.12. The topological polar surface area (TPSA) is 79.3 Å². The van der Waals surface area contributed by atoms with Crippen LogP contribution in [0.4, 0.5) is 0 Å². The molecule has 6 heteroatoms. The number of aromatic nitrogens is 1. The van der Waals surface area contributed by atoms with Crippen molar-refractivity contribution < 1.29 is 14.7 Å². The van der Waals surface area contributed by atoms with Crippen LogP contribution in [-0.2, 0) is 4.79 Å². The number of hydrogen-bond donors (Lipinski definition) is 2. The molecular weight excluding hydrogens is 300 g/mol. The minimum atomic E-state index is -0.834. The van der Waals surface area contributed by atoms with Gasteiger partial charge < -0.3 is 10.4 Å². The van der Waals surface area contributed by atoms with Crippen molar-refractivity contribution >= 4 is 23.2 Å². The van der Waals surface area contributed by atoms with Gasteiger partial charge in [0.1, 0.15) is 0 Å². The molecule has 1 aliphatic carbocycles. The molecule has 0 saturated heterocycles. The summed E-state index contributed by atoms with van der Waals surface area (Å²) in [4.78, 5) is 27.7. The summed E-state index contributed by atoms with van der Waals surface area (Å²) in [5.74, 6) is -1.08. The van der Waals surface area contributed by atoms with E-state index in [1.165, 1.54) is 0 Å². The molecular formula is C16H16N2O3S. The Labute approximate surface area is 132 Å². The lowest BCUT2D eigenvalue weighted by atomic mass is 10.1. The molecule has 0 aliphatic heterocycles. The van der Waals surface area contributed by atoms with Crippen LogP contribution in [0.25, 0.3) is 11.3 Å². The molecule has 1 aliphatic rings. The number of rotatable bonds is 5. The van der Waals surface area contributed by atoms with Crippen LogP contribution in [0, 0.1) is 12.3 Å². The van der Waals surface area contributed by atoms with Crippen LogP contribution < -0.4 is 5.32 Å². The van der Waals surface area contributed by atoms with Crippen molar-refractivity contribution in [3.63, 3.8) is 0 Å². The van der Waals surface area contributed by atoms with E-state index in [4.69, 9.17) is 5.11 Å². The maximum Gasteiger partial charge on any atom is 0.311 e. The number of carbonyl (C=O) groups excluding carboxylic acids is 1. The normalized spacial score (nSPS) is 15.3. The lowest BCUT2D eigenvalue weighted by Gasteiger charge is -2.11. The van der Waals surface area contributed by atoms with Gasteiger partial charge in [-0.05, 0) is 31.9 Å². The Bertz CT molecular complexity index is 734. The molecule has 1 aromatic heterocycles.